The van der Waals surface area contributed by atoms with Crippen molar-refractivity contribution in [3.8, 4) is 17.2 Å². The quantitative estimate of drug-likeness (QED) is 0.440. The summed E-state index contributed by atoms with van der Waals surface area (Å²) in [5, 5.41) is 13.6. The number of hydrogen-bond donors (Lipinski definition) is 2. The van der Waals surface area contributed by atoms with Crippen molar-refractivity contribution in [3.63, 3.8) is 0 Å². The van der Waals surface area contributed by atoms with Gasteiger partial charge in [-0.1, -0.05) is 23.4 Å². The van der Waals surface area contributed by atoms with Crippen molar-refractivity contribution in [3.05, 3.63) is 59.4 Å². The lowest BCUT2D eigenvalue weighted by Crippen LogP contribution is -2.41. The summed E-state index contributed by atoms with van der Waals surface area (Å²) < 4.78 is 13.1. The molecule has 2 aromatic carbocycles. The van der Waals surface area contributed by atoms with Gasteiger partial charge >= 0.3 is 6.03 Å². The van der Waals surface area contributed by atoms with Crippen molar-refractivity contribution in [2.45, 2.75) is 30.9 Å². The largest absolute Gasteiger partial charge is 0.494 e. The number of hydrogen-bond acceptors (Lipinski definition) is 7. The molecule has 0 aliphatic heterocycles. The number of rotatable bonds is 9. The van der Waals surface area contributed by atoms with Crippen molar-refractivity contribution in [1.82, 2.24) is 25.4 Å². The van der Waals surface area contributed by atoms with E-state index in [0.29, 0.717) is 28.4 Å². The fourth-order valence-electron chi connectivity index (χ4n) is 2.75. The number of halogens is 1. The minimum Gasteiger partial charge on any atom is -0.494 e. The lowest BCUT2D eigenvalue weighted by Gasteiger charge is -2.14. The average Bonchev–Trinajstić information content (AvgIpc) is 3.21. The van der Waals surface area contributed by atoms with Crippen LogP contribution in [0.5, 0.6) is 11.5 Å². The van der Waals surface area contributed by atoms with Gasteiger partial charge in [-0.15, -0.1) is 10.2 Å². The van der Waals surface area contributed by atoms with Crippen LogP contribution in [0.1, 0.15) is 19.7 Å². The Hall–Kier alpha value is -3.24. The van der Waals surface area contributed by atoms with Crippen LogP contribution in [-0.2, 0) is 11.4 Å². The molecule has 2 N–H and O–H groups in total. The molecule has 1 heterocycles. The summed E-state index contributed by atoms with van der Waals surface area (Å²) in [6, 6.07) is 13.9. The average molecular weight is 490 g/mol. The lowest BCUT2D eigenvalue weighted by molar-refractivity contribution is -0.119. The summed E-state index contributed by atoms with van der Waals surface area (Å²) in [6.45, 7) is 4.33. The number of amides is 3. The molecule has 1 aromatic heterocycles. The van der Waals surface area contributed by atoms with E-state index < -0.39 is 17.2 Å². The van der Waals surface area contributed by atoms with E-state index in [2.05, 4.69) is 20.8 Å². The summed E-state index contributed by atoms with van der Waals surface area (Å²) in [7, 11) is 1.44. The summed E-state index contributed by atoms with van der Waals surface area (Å²) in [5.74, 6) is 1.50. The first-order chi connectivity index (χ1) is 15.9. The van der Waals surface area contributed by atoms with Gasteiger partial charge in [-0.05, 0) is 62.4 Å². The monoisotopic (exact) mass is 489 g/mol. The molecule has 0 saturated carbocycles. The van der Waals surface area contributed by atoms with Crippen molar-refractivity contribution >= 4 is 35.3 Å². The Bertz CT molecular complexity index is 1090. The van der Waals surface area contributed by atoms with E-state index in [-0.39, 0.29) is 6.61 Å². The van der Waals surface area contributed by atoms with Crippen molar-refractivity contribution in [2.24, 2.45) is 0 Å². The van der Waals surface area contributed by atoms with E-state index in [1.807, 2.05) is 43.3 Å². The number of nitrogens with zero attached hydrogens (tertiary/aromatic N) is 3. The van der Waals surface area contributed by atoms with E-state index in [1.165, 1.54) is 18.8 Å². The molecule has 33 heavy (non-hydrogen) atoms. The third kappa shape index (κ3) is 6.62. The van der Waals surface area contributed by atoms with Crippen LogP contribution in [0.2, 0.25) is 5.02 Å². The highest BCUT2D eigenvalue weighted by molar-refractivity contribution is 8.00. The zero-order valence-electron chi connectivity index (χ0n) is 18.4. The highest BCUT2D eigenvalue weighted by Gasteiger charge is 2.22. The van der Waals surface area contributed by atoms with Crippen LogP contribution in [0.15, 0.2) is 53.7 Å². The van der Waals surface area contributed by atoms with E-state index in [4.69, 9.17) is 21.1 Å². The molecule has 3 rings (SSSR count). The minimum atomic E-state index is -0.600. The summed E-state index contributed by atoms with van der Waals surface area (Å²) >= 11 is 7.22. The van der Waals surface area contributed by atoms with E-state index >= 15 is 0 Å². The predicted molar refractivity (Wildman–Crippen MR) is 126 cm³/mol. The molecule has 1 unspecified atom stereocenters. The molecule has 0 saturated heterocycles. The third-order valence-corrected chi connectivity index (χ3v) is 5.70. The number of thioether (sulfide) groups is 1. The standard InChI is InChI=1S/C22H24ClN5O4S/c1-4-31-17-9-11-18(12-10-17)32-13-19-26-27-22(28(19)16-7-5-15(23)6-8-16)33-14(2)20(29)25-21(30)24-3/h5-12,14H,4,13H2,1-3H3,(H2,24,25,29,30). The number of carbonyl (C=O) groups is 2. The van der Waals surface area contributed by atoms with Gasteiger partial charge in [-0.2, -0.15) is 0 Å². The molecule has 0 radical (unpaired) electrons. The second kappa shape index (κ2) is 11.6. The van der Waals surface area contributed by atoms with Crippen LogP contribution in [0.25, 0.3) is 5.69 Å². The molecular weight excluding hydrogens is 466 g/mol. The first-order valence-electron chi connectivity index (χ1n) is 10.2. The van der Waals surface area contributed by atoms with E-state index in [0.717, 1.165) is 11.4 Å². The second-order valence-corrected chi connectivity index (χ2v) is 8.48. The maximum Gasteiger partial charge on any atom is 0.321 e. The van der Waals surface area contributed by atoms with E-state index in [9.17, 15) is 9.59 Å². The maximum absolute atomic E-state index is 12.3. The summed E-state index contributed by atoms with van der Waals surface area (Å²) in [5.41, 5.74) is 0.760. The van der Waals surface area contributed by atoms with Crippen molar-refractivity contribution < 1.29 is 19.1 Å². The number of benzene rings is 2. The first-order valence-corrected chi connectivity index (χ1v) is 11.4. The Kier molecular flexibility index (Phi) is 8.56. The molecule has 3 amide bonds. The van der Waals surface area contributed by atoms with Gasteiger partial charge in [0.05, 0.1) is 11.9 Å². The maximum atomic E-state index is 12.3. The van der Waals surface area contributed by atoms with Gasteiger partial charge in [0, 0.05) is 17.8 Å². The minimum absolute atomic E-state index is 0.142. The topological polar surface area (TPSA) is 107 Å². The van der Waals surface area contributed by atoms with Gasteiger partial charge in [0.25, 0.3) is 0 Å². The number of carbonyl (C=O) groups excluding carboxylic acids is 2. The Balaban J connectivity index is 1.81. The second-order valence-electron chi connectivity index (χ2n) is 6.73. The molecule has 0 aliphatic carbocycles. The predicted octanol–water partition coefficient (Wildman–Crippen LogP) is 3.83. The molecule has 0 bridgehead atoms. The number of nitrogens with one attached hydrogen (secondary N) is 2. The van der Waals surface area contributed by atoms with Crippen molar-refractivity contribution in [1.29, 1.82) is 0 Å². The van der Waals surface area contributed by atoms with Crippen molar-refractivity contribution in [2.75, 3.05) is 13.7 Å². The summed E-state index contributed by atoms with van der Waals surface area (Å²) in [6.07, 6.45) is 0. The molecule has 1 atom stereocenters. The number of imide groups is 1. The SMILES string of the molecule is CCOc1ccc(OCc2nnc(SC(C)C(=O)NC(=O)NC)n2-c2ccc(Cl)cc2)cc1. The van der Waals surface area contributed by atoms with Crippen LogP contribution >= 0.6 is 23.4 Å². The van der Waals surface area contributed by atoms with Crippen LogP contribution in [0.4, 0.5) is 4.79 Å². The molecule has 0 aliphatic rings. The smallest absolute Gasteiger partial charge is 0.321 e. The van der Waals surface area contributed by atoms with Gasteiger partial charge in [0.15, 0.2) is 11.0 Å². The highest BCUT2D eigenvalue weighted by atomic mass is 35.5. The van der Waals surface area contributed by atoms with Gasteiger partial charge in [0.2, 0.25) is 5.91 Å². The fourth-order valence-corrected chi connectivity index (χ4v) is 3.77. The molecule has 3 aromatic rings. The van der Waals surface area contributed by atoms with Gasteiger partial charge in [-0.3, -0.25) is 14.7 Å². The number of aromatic nitrogens is 3. The zero-order chi connectivity index (χ0) is 23.8. The lowest BCUT2D eigenvalue weighted by atomic mass is 10.3. The normalized spacial score (nSPS) is 11.5. The third-order valence-electron chi connectivity index (χ3n) is 4.40. The Morgan fingerprint density at radius 2 is 1.70 bits per heavy atom. The van der Waals surface area contributed by atoms with Crippen LogP contribution in [0.3, 0.4) is 0 Å². The Labute approximate surface area is 200 Å². The Morgan fingerprint density at radius 1 is 1.06 bits per heavy atom. The number of ether oxygens (including phenoxy) is 2. The van der Waals surface area contributed by atoms with Gasteiger partial charge in [-0.25, -0.2) is 4.79 Å². The van der Waals surface area contributed by atoms with Gasteiger partial charge < -0.3 is 14.8 Å². The van der Waals surface area contributed by atoms with Gasteiger partial charge in [0.1, 0.15) is 18.1 Å². The molecule has 174 valence electrons. The van der Waals surface area contributed by atoms with Crippen LogP contribution < -0.4 is 20.1 Å². The Morgan fingerprint density at radius 3 is 2.30 bits per heavy atom. The van der Waals surface area contributed by atoms with Crippen LogP contribution in [-0.4, -0.2) is 45.6 Å². The zero-order valence-corrected chi connectivity index (χ0v) is 19.9. The van der Waals surface area contributed by atoms with Crippen LogP contribution in [0, 0.1) is 0 Å². The fraction of sp³-hybridized carbons (Fsp3) is 0.273. The van der Waals surface area contributed by atoms with E-state index in [1.54, 1.807) is 23.6 Å². The molecular formula is C22H24ClN5O4S. The number of urea groups is 1. The molecule has 0 fully saturated rings. The molecule has 11 heteroatoms. The highest BCUT2D eigenvalue weighted by Crippen LogP contribution is 2.27. The molecule has 9 nitrogen and oxygen atoms in total. The first kappa shape index (κ1) is 24.4. The summed E-state index contributed by atoms with van der Waals surface area (Å²) in [4.78, 5) is 23.8. The molecule has 0 spiro atoms.